The molecule has 0 spiro atoms. The predicted molar refractivity (Wildman–Crippen MR) is 104 cm³/mol. The van der Waals surface area contributed by atoms with Crippen molar-refractivity contribution in [2.45, 2.75) is 6.92 Å². The van der Waals surface area contributed by atoms with Crippen LogP contribution in [0.1, 0.15) is 22.8 Å². The summed E-state index contributed by atoms with van der Waals surface area (Å²) >= 11 is 8.08. The van der Waals surface area contributed by atoms with Crippen LogP contribution in [0.4, 0.5) is 0 Å². The van der Waals surface area contributed by atoms with E-state index >= 15 is 0 Å². The molecule has 25 heavy (non-hydrogen) atoms. The van der Waals surface area contributed by atoms with Crippen molar-refractivity contribution in [1.82, 2.24) is 5.43 Å². The molecule has 0 saturated heterocycles. The van der Waals surface area contributed by atoms with E-state index in [9.17, 15) is 4.79 Å². The number of rotatable bonds is 6. The molecule has 2 aromatic carbocycles. The smallest absolute Gasteiger partial charge is 0.343 e. The van der Waals surface area contributed by atoms with E-state index in [1.165, 1.54) is 6.21 Å². The minimum atomic E-state index is -0.473. The summed E-state index contributed by atoms with van der Waals surface area (Å²) in [6.45, 7) is 2.25. The van der Waals surface area contributed by atoms with Crippen molar-refractivity contribution >= 4 is 45.4 Å². The number of esters is 1. The maximum Gasteiger partial charge on any atom is 0.343 e. The van der Waals surface area contributed by atoms with Crippen molar-refractivity contribution in [3.8, 4) is 11.5 Å². The average molecular weight is 422 g/mol. The number of ether oxygens (including phenoxy) is 2. The highest BCUT2D eigenvalue weighted by Gasteiger charge is 2.17. The van der Waals surface area contributed by atoms with Gasteiger partial charge in [-0.25, -0.2) is 4.79 Å². The third-order valence-electron chi connectivity index (χ3n) is 2.92. The highest BCUT2D eigenvalue weighted by atomic mass is 79.9. The van der Waals surface area contributed by atoms with Gasteiger partial charge in [0.25, 0.3) is 0 Å². The van der Waals surface area contributed by atoms with Crippen LogP contribution >= 0.6 is 28.1 Å². The summed E-state index contributed by atoms with van der Waals surface area (Å²) in [5.74, 6) is 0.243. The van der Waals surface area contributed by atoms with Gasteiger partial charge in [0.2, 0.25) is 0 Å². The van der Waals surface area contributed by atoms with Crippen molar-refractivity contribution in [1.29, 1.82) is 0 Å². The summed E-state index contributed by atoms with van der Waals surface area (Å²) in [4.78, 5) is 12.3. The van der Waals surface area contributed by atoms with E-state index in [0.717, 1.165) is 0 Å². The molecule has 0 unspecified atom stereocenters. The van der Waals surface area contributed by atoms with E-state index in [4.69, 9.17) is 15.2 Å². The van der Waals surface area contributed by atoms with Gasteiger partial charge in [0.15, 0.2) is 16.6 Å². The SMILES string of the molecule is CCOc1cc(/C=N/NC(N)=S)cc(Br)c1OC(=O)c1ccccc1. The molecule has 0 bridgehead atoms. The molecule has 2 aromatic rings. The van der Waals surface area contributed by atoms with Gasteiger partial charge in [-0.15, -0.1) is 0 Å². The molecule has 0 aromatic heterocycles. The van der Waals surface area contributed by atoms with Crippen LogP contribution in [0.3, 0.4) is 0 Å². The van der Waals surface area contributed by atoms with Gasteiger partial charge >= 0.3 is 5.97 Å². The number of halogens is 1. The number of thiocarbonyl (C=S) groups is 1. The number of hydrogen-bond donors (Lipinski definition) is 2. The molecule has 8 heteroatoms. The van der Waals surface area contributed by atoms with Gasteiger partial charge in [0.1, 0.15) is 0 Å². The van der Waals surface area contributed by atoms with Gasteiger partial charge in [0, 0.05) is 0 Å². The lowest BCUT2D eigenvalue weighted by Gasteiger charge is -2.13. The zero-order valence-corrected chi connectivity index (χ0v) is 15.8. The monoisotopic (exact) mass is 421 g/mol. The van der Waals surface area contributed by atoms with Gasteiger partial charge in [-0.3, -0.25) is 5.43 Å². The van der Waals surface area contributed by atoms with E-state index in [2.05, 4.69) is 38.7 Å². The summed E-state index contributed by atoms with van der Waals surface area (Å²) in [6.07, 6.45) is 1.52. The molecule has 0 fully saturated rings. The number of hydrazone groups is 1. The molecule has 0 heterocycles. The molecule has 0 saturated carbocycles. The third-order valence-corrected chi connectivity index (χ3v) is 3.60. The molecule has 0 aliphatic rings. The van der Waals surface area contributed by atoms with Crippen LogP contribution in [0.2, 0.25) is 0 Å². The summed E-state index contributed by atoms with van der Waals surface area (Å²) in [5, 5.41) is 3.96. The molecule has 130 valence electrons. The first-order valence-corrected chi connectivity index (χ1v) is 8.53. The minimum Gasteiger partial charge on any atom is -0.490 e. The number of hydrogen-bond acceptors (Lipinski definition) is 5. The fourth-order valence-electron chi connectivity index (χ4n) is 1.92. The largest absolute Gasteiger partial charge is 0.490 e. The fraction of sp³-hybridized carbons (Fsp3) is 0.118. The molecular weight excluding hydrogens is 406 g/mol. The molecule has 0 aliphatic heterocycles. The maximum atomic E-state index is 12.3. The average Bonchev–Trinajstić information content (AvgIpc) is 2.58. The molecule has 2 rings (SSSR count). The summed E-state index contributed by atoms with van der Waals surface area (Å²) in [6, 6.07) is 12.2. The number of benzene rings is 2. The second kappa shape index (κ2) is 9.14. The molecule has 0 amide bonds. The van der Waals surface area contributed by atoms with Gasteiger partial charge in [-0.05, 0) is 64.9 Å². The Bertz CT molecular complexity index is 797. The molecule has 6 nitrogen and oxygen atoms in total. The zero-order chi connectivity index (χ0) is 18.2. The summed E-state index contributed by atoms with van der Waals surface area (Å²) in [5.41, 5.74) is 8.94. The van der Waals surface area contributed by atoms with E-state index in [0.29, 0.717) is 33.7 Å². The Kier molecular flexibility index (Phi) is 6.91. The lowest BCUT2D eigenvalue weighted by molar-refractivity contribution is 0.0727. The second-order valence-corrected chi connectivity index (χ2v) is 6.05. The Morgan fingerprint density at radius 3 is 2.72 bits per heavy atom. The topological polar surface area (TPSA) is 85.9 Å². The number of nitrogens with zero attached hydrogens (tertiary/aromatic N) is 1. The summed E-state index contributed by atoms with van der Waals surface area (Å²) < 4.78 is 11.6. The van der Waals surface area contributed by atoms with Gasteiger partial charge in [-0.2, -0.15) is 5.10 Å². The molecule has 0 radical (unpaired) electrons. The van der Waals surface area contributed by atoms with E-state index in [1.807, 2.05) is 13.0 Å². The van der Waals surface area contributed by atoms with E-state index < -0.39 is 5.97 Å². The van der Waals surface area contributed by atoms with Crippen LogP contribution in [0.25, 0.3) is 0 Å². The maximum absolute atomic E-state index is 12.3. The van der Waals surface area contributed by atoms with Crippen molar-refractivity contribution in [3.63, 3.8) is 0 Å². The zero-order valence-electron chi connectivity index (χ0n) is 13.4. The third kappa shape index (κ3) is 5.54. The Morgan fingerprint density at radius 1 is 1.36 bits per heavy atom. The van der Waals surface area contributed by atoms with Crippen molar-refractivity contribution in [2.75, 3.05) is 6.61 Å². The Morgan fingerprint density at radius 2 is 2.08 bits per heavy atom. The van der Waals surface area contributed by atoms with Crippen molar-refractivity contribution in [3.05, 3.63) is 58.1 Å². The Labute approximate surface area is 159 Å². The first kappa shape index (κ1) is 18.9. The standard InChI is InChI=1S/C17H16BrN3O3S/c1-2-23-14-9-11(10-20-21-17(19)25)8-13(18)15(14)24-16(22)12-6-4-3-5-7-12/h3-10H,2H2,1H3,(H3,19,21,25)/b20-10+. The summed E-state index contributed by atoms with van der Waals surface area (Å²) in [7, 11) is 0. The lowest BCUT2D eigenvalue weighted by Crippen LogP contribution is -2.24. The number of nitrogens with one attached hydrogen (secondary N) is 1. The first-order chi connectivity index (χ1) is 12.0. The molecular formula is C17H16BrN3O3S. The van der Waals surface area contributed by atoms with Crippen LogP contribution in [-0.4, -0.2) is 23.9 Å². The Balaban J connectivity index is 2.29. The molecule has 0 aliphatic carbocycles. The number of carbonyl (C=O) groups excluding carboxylic acids is 1. The highest BCUT2D eigenvalue weighted by molar-refractivity contribution is 9.10. The van der Waals surface area contributed by atoms with Crippen LogP contribution in [-0.2, 0) is 0 Å². The van der Waals surface area contributed by atoms with Gasteiger partial charge < -0.3 is 15.2 Å². The molecule has 0 atom stereocenters. The van der Waals surface area contributed by atoms with E-state index in [1.54, 1.807) is 36.4 Å². The number of carbonyl (C=O) groups is 1. The van der Waals surface area contributed by atoms with Crippen LogP contribution in [0, 0.1) is 0 Å². The van der Waals surface area contributed by atoms with Crippen LogP contribution in [0.15, 0.2) is 52.0 Å². The first-order valence-electron chi connectivity index (χ1n) is 7.33. The highest BCUT2D eigenvalue weighted by Crippen LogP contribution is 2.37. The fourth-order valence-corrected chi connectivity index (χ4v) is 2.51. The van der Waals surface area contributed by atoms with Gasteiger partial charge in [0.05, 0.1) is 22.9 Å². The van der Waals surface area contributed by atoms with E-state index in [-0.39, 0.29) is 5.11 Å². The minimum absolute atomic E-state index is 0.0637. The second-order valence-electron chi connectivity index (χ2n) is 4.75. The quantitative estimate of drug-likeness (QED) is 0.245. The van der Waals surface area contributed by atoms with Crippen molar-refractivity contribution in [2.24, 2.45) is 10.8 Å². The predicted octanol–water partition coefficient (Wildman–Crippen LogP) is 3.23. The van der Waals surface area contributed by atoms with Crippen LogP contribution in [0.5, 0.6) is 11.5 Å². The van der Waals surface area contributed by atoms with Crippen molar-refractivity contribution < 1.29 is 14.3 Å². The number of nitrogens with two attached hydrogens (primary N) is 1. The normalized spacial score (nSPS) is 10.5. The van der Waals surface area contributed by atoms with Gasteiger partial charge in [-0.1, -0.05) is 18.2 Å². The lowest BCUT2D eigenvalue weighted by atomic mass is 10.2. The molecule has 3 N–H and O–H groups in total. The Hall–Kier alpha value is -2.45. The van der Waals surface area contributed by atoms with Crippen LogP contribution < -0.4 is 20.6 Å².